The molecule has 2 saturated heterocycles. The molecule has 6 nitrogen and oxygen atoms in total. The van der Waals surface area contributed by atoms with E-state index in [4.69, 9.17) is 9.97 Å². The number of carbonyl (C=O) groups excluding carboxylic acids is 1. The molecule has 1 aliphatic carbocycles. The molecule has 3 heterocycles. The van der Waals surface area contributed by atoms with E-state index >= 15 is 0 Å². The first kappa shape index (κ1) is 14.7. The molecule has 0 N–H and O–H groups in total. The number of carbonyl (C=O) groups is 1. The Labute approximate surface area is 137 Å². The lowest BCUT2D eigenvalue weighted by atomic mass is 9.96. The highest BCUT2D eigenvalue weighted by Crippen LogP contribution is 2.32. The van der Waals surface area contributed by atoms with Gasteiger partial charge in [0.25, 0.3) is 0 Å². The predicted octanol–water partition coefficient (Wildman–Crippen LogP) is 1.23. The maximum Gasteiger partial charge on any atom is 0.227 e. The number of rotatable bonds is 3. The van der Waals surface area contributed by atoms with Crippen molar-refractivity contribution in [3.05, 3.63) is 11.3 Å². The summed E-state index contributed by atoms with van der Waals surface area (Å²) in [5.41, 5.74) is 2.66. The second kappa shape index (κ2) is 6.34. The summed E-state index contributed by atoms with van der Waals surface area (Å²) in [6, 6.07) is 0. The van der Waals surface area contributed by atoms with Gasteiger partial charge in [0.1, 0.15) is 5.82 Å². The van der Waals surface area contributed by atoms with Gasteiger partial charge in [-0.1, -0.05) is 0 Å². The van der Waals surface area contributed by atoms with E-state index in [0.717, 1.165) is 64.5 Å². The third-order valence-electron chi connectivity index (χ3n) is 5.30. The maximum atomic E-state index is 10.9. The van der Waals surface area contributed by atoms with Gasteiger partial charge in [0, 0.05) is 44.8 Å². The summed E-state index contributed by atoms with van der Waals surface area (Å²) in [7, 11) is 0. The molecule has 2 aliphatic heterocycles. The zero-order valence-corrected chi connectivity index (χ0v) is 13.7. The van der Waals surface area contributed by atoms with Crippen LogP contribution in [0.4, 0.5) is 11.8 Å². The molecule has 0 aromatic carbocycles. The van der Waals surface area contributed by atoms with Crippen LogP contribution in [0.1, 0.15) is 36.9 Å². The lowest BCUT2D eigenvalue weighted by Gasteiger charge is -2.34. The van der Waals surface area contributed by atoms with Gasteiger partial charge in [0.15, 0.2) is 0 Å². The second-order valence-corrected chi connectivity index (χ2v) is 6.80. The summed E-state index contributed by atoms with van der Waals surface area (Å²) in [5, 5.41) is 0. The van der Waals surface area contributed by atoms with Crippen molar-refractivity contribution >= 4 is 18.2 Å². The van der Waals surface area contributed by atoms with Gasteiger partial charge in [-0.3, -0.25) is 4.79 Å². The van der Waals surface area contributed by atoms with Crippen molar-refractivity contribution in [2.45, 2.75) is 38.5 Å². The van der Waals surface area contributed by atoms with Crippen LogP contribution in [-0.2, 0) is 17.6 Å². The predicted molar refractivity (Wildman–Crippen MR) is 90.0 cm³/mol. The van der Waals surface area contributed by atoms with Crippen LogP contribution in [0.3, 0.4) is 0 Å². The smallest absolute Gasteiger partial charge is 0.227 e. The number of anilines is 2. The van der Waals surface area contributed by atoms with E-state index in [2.05, 4.69) is 9.80 Å². The molecule has 6 heteroatoms. The maximum absolute atomic E-state index is 10.9. The number of nitrogens with zero attached hydrogens (tertiary/aromatic N) is 5. The molecule has 0 atom stereocenters. The number of hydrogen-bond acceptors (Lipinski definition) is 5. The minimum Gasteiger partial charge on any atom is -0.356 e. The summed E-state index contributed by atoms with van der Waals surface area (Å²) >= 11 is 0. The zero-order valence-electron chi connectivity index (χ0n) is 13.7. The van der Waals surface area contributed by atoms with Gasteiger partial charge >= 0.3 is 0 Å². The third-order valence-corrected chi connectivity index (χ3v) is 5.30. The van der Waals surface area contributed by atoms with Gasteiger partial charge in [-0.25, -0.2) is 4.98 Å². The molecule has 1 amide bonds. The largest absolute Gasteiger partial charge is 0.356 e. The number of fused-ring (bicyclic) bond motifs is 1. The minimum atomic E-state index is 0.767. The van der Waals surface area contributed by atoms with Crippen molar-refractivity contribution in [2.75, 3.05) is 49.1 Å². The Morgan fingerprint density at radius 3 is 2.26 bits per heavy atom. The monoisotopic (exact) mass is 315 g/mol. The Morgan fingerprint density at radius 2 is 1.52 bits per heavy atom. The fourth-order valence-corrected chi connectivity index (χ4v) is 3.92. The van der Waals surface area contributed by atoms with Gasteiger partial charge in [-0.05, 0) is 38.5 Å². The van der Waals surface area contributed by atoms with Crippen LogP contribution in [0.15, 0.2) is 0 Å². The van der Waals surface area contributed by atoms with Gasteiger partial charge < -0.3 is 14.7 Å². The van der Waals surface area contributed by atoms with E-state index in [9.17, 15) is 4.79 Å². The standard InChI is InChI=1S/C17H25N5O/c23-13-20-9-11-22(12-10-20)17-18-15-6-2-1-5-14(15)16(19-17)21-7-3-4-8-21/h13H,1-12H2. The first-order valence-electron chi connectivity index (χ1n) is 8.94. The summed E-state index contributed by atoms with van der Waals surface area (Å²) < 4.78 is 0. The number of aryl methyl sites for hydroxylation is 1. The fraction of sp³-hybridized carbons (Fsp3) is 0.706. The topological polar surface area (TPSA) is 52.6 Å². The number of aromatic nitrogens is 2. The molecule has 1 aromatic rings. The van der Waals surface area contributed by atoms with Crippen molar-refractivity contribution in [2.24, 2.45) is 0 Å². The molecule has 0 saturated carbocycles. The van der Waals surface area contributed by atoms with Crippen LogP contribution in [0.5, 0.6) is 0 Å². The molecular formula is C17H25N5O. The van der Waals surface area contributed by atoms with E-state index in [0.29, 0.717) is 0 Å². The van der Waals surface area contributed by atoms with Crippen molar-refractivity contribution in [3.8, 4) is 0 Å². The molecule has 124 valence electrons. The van der Waals surface area contributed by atoms with Crippen LogP contribution < -0.4 is 9.80 Å². The highest BCUT2D eigenvalue weighted by atomic mass is 16.1. The summed E-state index contributed by atoms with van der Waals surface area (Å²) in [6.45, 7) is 5.45. The highest BCUT2D eigenvalue weighted by Gasteiger charge is 2.26. The molecule has 2 fully saturated rings. The zero-order chi connectivity index (χ0) is 15.6. The molecule has 0 bridgehead atoms. The Balaban J connectivity index is 1.64. The summed E-state index contributed by atoms with van der Waals surface area (Å²) in [5.74, 6) is 2.07. The van der Waals surface area contributed by atoms with E-state index in [1.165, 1.54) is 42.8 Å². The lowest BCUT2D eigenvalue weighted by molar-refractivity contribution is -0.118. The van der Waals surface area contributed by atoms with Gasteiger partial charge in [-0.15, -0.1) is 0 Å². The quantitative estimate of drug-likeness (QED) is 0.786. The third kappa shape index (κ3) is 2.86. The first-order chi connectivity index (χ1) is 11.3. The van der Waals surface area contributed by atoms with E-state index in [1.54, 1.807) is 0 Å². The number of piperazine rings is 1. The van der Waals surface area contributed by atoms with Crippen molar-refractivity contribution in [1.82, 2.24) is 14.9 Å². The molecular weight excluding hydrogens is 290 g/mol. The molecule has 0 spiro atoms. The van der Waals surface area contributed by atoms with Gasteiger partial charge in [-0.2, -0.15) is 4.98 Å². The Kier molecular flexibility index (Phi) is 4.06. The van der Waals surface area contributed by atoms with Crippen LogP contribution in [0.2, 0.25) is 0 Å². The van der Waals surface area contributed by atoms with E-state index in [1.807, 2.05) is 4.90 Å². The van der Waals surface area contributed by atoms with E-state index in [-0.39, 0.29) is 0 Å². The van der Waals surface area contributed by atoms with Crippen molar-refractivity contribution < 1.29 is 4.79 Å². The van der Waals surface area contributed by atoms with Crippen molar-refractivity contribution in [3.63, 3.8) is 0 Å². The Hall–Kier alpha value is -1.85. The average Bonchev–Trinajstić information content (AvgIpc) is 3.15. The van der Waals surface area contributed by atoms with Crippen LogP contribution >= 0.6 is 0 Å². The van der Waals surface area contributed by atoms with Crippen molar-refractivity contribution in [1.29, 1.82) is 0 Å². The lowest BCUT2D eigenvalue weighted by Crippen LogP contribution is -2.46. The Morgan fingerprint density at radius 1 is 0.783 bits per heavy atom. The van der Waals surface area contributed by atoms with E-state index < -0.39 is 0 Å². The molecule has 0 radical (unpaired) electrons. The minimum absolute atomic E-state index is 0.767. The Bertz CT molecular complexity index is 577. The second-order valence-electron chi connectivity index (χ2n) is 6.80. The molecule has 4 rings (SSSR count). The summed E-state index contributed by atoms with van der Waals surface area (Å²) in [4.78, 5) is 27.3. The van der Waals surface area contributed by atoms with Crippen LogP contribution in [-0.4, -0.2) is 60.5 Å². The van der Waals surface area contributed by atoms with Crippen LogP contribution in [0, 0.1) is 0 Å². The molecule has 3 aliphatic rings. The molecule has 23 heavy (non-hydrogen) atoms. The highest BCUT2D eigenvalue weighted by molar-refractivity contribution is 5.55. The molecule has 1 aromatic heterocycles. The fourth-order valence-electron chi connectivity index (χ4n) is 3.92. The molecule has 0 unspecified atom stereocenters. The number of amides is 1. The van der Waals surface area contributed by atoms with Crippen LogP contribution in [0.25, 0.3) is 0 Å². The number of hydrogen-bond donors (Lipinski definition) is 0. The van der Waals surface area contributed by atoms with Gasteiger partial charge in [0.05, 0.1) is 5.69 Å². The summed E-state index contributed by atoms with van der Waals surface area (Å²) in [6.07, 6.45) is 8.19. The SMILES string of the molecule is O=CN1CCN(c2nc3c(c(N4CCCC4)n2)CCCC3)CC1. The normalized spacial score (nSPS) is 21.5. The van der Waals surface area contributed by atoms with Gasteiger partial charge in [0.2, 0.25) is 12.4 Å². The average molecular weight is 315 g/mol. The first-order valence-corrected chi connectivity index (χ1v) is 8.94.